The molecule has 0 spiro atoms. The lowest BCUT2D eigenvalue weighted by atomic mass is 9.95. The van der Waals surface area contributed by atoms with Gasteiger partial charge in [-0.05, 0) is 23.8 Å². The molecule has 0 saturated carbocycles. The number of fused-ring (bicyclic) bond motifs is 1. The van der Waals surface area contributed by atoms with Crippen molar-refractivity contribution in [3.8, 4) is 17.2 Å². The van der Waals surface area contributed by atoms with E-state index >= 15 is 0 Å². The van der Waals surface area contributed by atoms with Crippen LogP contribution >= 0.6 is 0 Å². The summed E-state index contributed by atoms with van der Waals surface area (Å²) in [6.07, 6.45) is 1.86. The van der Waals surface area contributed by atoms with Gasteiger partial charge < -0.3 is 18.8 Å². The summed E-state index contributed by atoms with van der Waals surface area (Å²) in [6, 6.07) is 11.1. The molecule has 0 fully saturated rings. The number of carbonyl (C=O) groups is 2. The third kappa shape index (κ3) is 2.82. The van der Waals surface area contributed by atoms with Crippen LogP contribution in [0.3, 0.4) is 0 Å². The number of nitrogens with one attached hydrogen (secondary N) is 1. The average Bonchev–Trinajstić information content (AvgIpc) is 3.22. The van der Waals surface area contributed by atoms with Crippen LogP contribution in [0.2, 0.25) is 0 Å². The topological polar surface area (TPSA) is 78.8 Å². The number of hydrogen-bond donors (Lipinski definition) is 1. The van der Waals surface area contributed by atoms with Crippen molar-refractivity contribution < 1.29 is 23.8 Å². The summed E-state index contributed by atoms with van der Waals surface area (Å²) in [7, 11) is 6.41. The van der Waals surface area contributed by atoms with Crippen molar-refractivity contribution in [2.45, 2.75) is 0 Å². The van der Waals surface area contributed by atoms with E-state index in [0.717, 1.165) is 10.9 Å². The number of nitrogens with zero attached hydrogens (tertiary/aromatic N) is 1. The van der Waals surface area contributed by atoms with Crippen molar-refractivity contribution in [3.63, 3.8) is 0 Å². The number of aryl methyl sites for hydroxylation is 1. The highest BCUT2D eigenvalue weighted by atomic mass is 16.5. The van der Waals surface area contributed by atoms with Gasteiger partial charge in [-0.3, -0.25) is 14.9 Å². The highest BCUT2D eigenvalue weighted by molar-refractivity contribution is 6.50. The van der Waals surface area contributed by atoms with E-state index in [-0.39, 0.29) is 5.57 Å². The molecule has 0 radical (unpaired) electrons. The van der Waals surface area contributed by atoms with Gasteiger partial charge in [-0.15, -0.1) is 0 Å². The molecular weight excluding hydrogens is 372 g/mol. The lowest BCUT2D eigenvalue weighted by Crippen LogP contribution is -2.22. The van der Waals surface area contributed by atoms with Crippen LogP contribution in [0.4, 0.5) is 0 Å². The van der Waals surface area contributed by atoms with Crippen molar-refractivity contribution >= 4 is 33.9 Å². The van der Waals surface area contributed by atoms with Crippen molar-refractivity contribution in [2.75, 3.05) is 21.3 Å². The lowest BCUT2D eigenvalue weighted by Gasteiger charge is -2.14. The fourth-order valence-electron chi connectivity index (χ4n) is 3.75. The molecule has 0 aliphatic carbocycles. The van der Waals surface area contributed by atoms with Crippen LogP contribution in [-0.2, 0) is 16.6 Å². The predicted octanol–water partition coefficient (Wildman–Crippen LogP) is 2.77. The summed E-state index contributed by atoms with van der Waals surface area (Å²) in [5, 5.41) is 3.31. The molecule has 29 heavy (non-hydrogen) atoms. The second-order valence-corrected chi connectivity index (χ2v) is 6.62. The first kappa shape index (κ1) is 18.6. The molecule has 2 amide bonds. The van der Waals surface area contributed by atoms with Gasteiger partial charge in [-0.25, -0.2) is 0 Å². The number of rotatable bonds is 5. The van der Waals surface area contributed by atoms with Gasteiger partial charge in [0.1, 0.15) is 0 Å². The van der Waals surface area contributed by atoms with Crippen molar-refractivity contribution in [1.82, 2.24) is 9.88 Å². The summed E-state index contributed by atoms with van der Waals surface area (Å²) in [4.78, 5) is 25.5. The number of methoxy groups -OCH3 is 3. The van der Waals surface area contributed by atoms with Gasteiger partial charge in [-0.1, -0.05) is 18.2 Å². The van der Waals surface area contributed by atoms with Gasteiger partial charge in [0.05, 0.1) is 32.5 Å². The Labute approximate surface area is 167 Å². The highest BCUT2D eigenvalue weighted by Crippen LogP contribution is 2.43. The maximum Gasteiger partial charge on any atom is 0.259 e. The van der Waals surface area contributed by atoms with Crippen LogP contribution in [0, 0.1) is 0 Å². The molecule has 0 bridgehead atoms. The second kappa shape index (κ2) is 7.01. The Bertz CT molecular complexity index is 1160. The number of aromatic nitrogens is 1. The van der Waals surface area contributed by atoms with Crippen molar-refractivity contribution in [1.29, 1.82) is 0 Å². The maximum absolute atomic E-state index is 12.8. The van der Waals surface area contributed by atoms with E-state index < -0.39 is 11.8 Å². The summed E-state index contributed by atoms with van der Waals surface area (Å²) in [6.45, 7) is 0. The van der Waals surface area contributed by atoms with Gasteiger partial charge in [-0.2, -0.15) is 0 Å². The minimum atomic E-state index is -0.466. The van der Waals surface area contributed by atoms with E-state index in [1.807, 2.05) is 42.1 Å². The van der Waals surface area contributed by atoms with E-state index in [1.165, 1.54) is 21.3 Å². The minimum Gasteiger partial charge on any atom is -0.493 e. The molecule has 0 unspecified atom stereocenters. The van der Waals surface area contributed by atoms with E-state index in [1.54, 1.807) is 12.1 Å². The Kier molecular flexibility index (Phi) is 4.50. The van der Waals surface area contributed by atoms with Crippen LogP contribution in [0.15, 0.2) is 42.6 Å². The maximum atomic E-state index is 12.8. The second-order valence-electron chi connectivity index (χ2n) is 6.62. The van der Waals surface area contributed by atoms with Crippen LogP contribution in [-0.4, -0.2) is 37.7 Å². The zero-order chi connectivity index (χ0) is 20.7. The Morgan fingerprint density at radius 3 is 2.10 bits per heavy atom. The molecule has 7 heteroatoms. The van der Waals surface area contributed by atoms with Crippen LogP contribution in [0.25, 0.3) is 22.0 Å². The van der Waals surface area contributed by atoms with Crippen molar-refractivity contribution in [3.05, 3.63) is 53.7 Å². The fourth-order valence-corrected chi connectivity index (χ4v) is 3.75. The minimum absolute atomic E-state index is 0.269. The quantitative estimate of drug-likeness (QED) is 0.676. The highest BCUT2D eigenvalue weighted by Gasteiger charge is 2.34. The third-order valence-corrected chi connectivity index (χ3v) is 5.05. The fraction of sp³-hybridized carbons (Fsp3) is 0.182. The molecule has 3 aromatic rings. The third-order valence-electron chi connectivity index (χ3n) is 5.05. The SMILES string of the molecule is COc1cc(C2=C(c3cn(C)c4ccccc34)C(=O)NC2=O)cc(OC)c1OC. The number of imide groups is 1. The molecule has 0 saturated heterocycles. The van der Waals surface area contributed by atoms with Gasteiger partial charge in [0.15, 0.2) is 11.5 Å². The summed E-state index contributed by atoms with van der Waals surface area (Å²) in [5.41, 5.74) is 2.75. The zero-order valence-corrected chi connectivity index (χ0v) is 16.5. The Morgan fingerprint density at radius 2 is 1.48 bits per heavy atom. The molecule has 0 atom stereocenters. The molecule has 2 aromatic carbocycles. The molecular formula is C22H20N2O5. The summed E-state index contributed by atoms with van der Waals surface area (Å²) >= 11 is 0. The van der Waals surface area contributed by atoms with Crippen LogP contribution in [0.5, 0.6) is 17.2 Å². The molecule has 148 valence electrons. The lowest BCUT2D eigenvalue weighted by molar-refractivity contribution is -0.122. The molecule has 1 aliphatic rings. The van der Waals surface area contributed by atoms with Crippen molar-refractivity contribution in [2.24, 2.45) is 7.05 Å². The number of ether oxygens (including phenoxy) is 3. The standard InChI is InChI=1S/C22H20N2O5/c1-24-11-14(13-7-5-6-8-15(13)24)19-18(21(25)23-22(19)26)12-9-16(27-2)20(29-4)17(10-12)28-3/h5-11H,1-4H3,(H,23,25,26). The zero-order valence-electron chi connectivity index (χ0n) is 16.5. The monoisotopic (exact) mass is 392 g/mol. The number of para-hydroxylation sites is 1. The summed E-state index contributed by atoms with van der Waals surface area (Å²) < 4.78 is 18.1. The Morgan fingerprint density at radius 1 is 0.862 bits per heavy atom. The van der Waals surface area contributed by atoms with E-state index in [0.29, 0.717) is 33.9 Å². The predicted molar refractivity (Wildman–Crippen MR) is 109 cm³/mol. The summed E-state index contributed by atoms with van der Waals surface area (Å²) in [5.74, 6) is 0.315. The molecule has 1 aliphatic heterocycles. The van der Waals surface area contributed by atoms with Gasteiger partial charge in [0.2, 0.25) is 5.75 Å². The Balaban J connectivity index is 2.03. The van der Waals surface area contributed by atoms with Gasteiger partial charge >= 0.3 is 0 Å². The number of hydrogen-bond acceptors (Lipinski definition) is 5. The number of benzene rings is 2. The first-order valence-electron chi connectivity index (χ1n) is 8.95. The first-order chi connectivity index (χ1) is 14.0. The van der Waals surface area contributed by atoms with Gasteiger partial charge in [0, 0.05) is 29.7 Å². The van der Waals surface area contributed by atoms with Crippen LogP contribution in [0.1, 0.15) is 11.1 Å². The molecule has 4 rings (SSSR count). The van der Waals surface area contributed by atoms with E-state index in [2.05, 4.69) is 5.32 Å². The first-order valence-corrected chi connectivity index (χ1v) is 8.95. The molecule has 1 aromatic heterocycles. The number of amides is 2. The molecule has 7 nitrogen and oxygen atoms in total. The molecule has 2 heterocycles. The van der Waals surface area contributed by atoms with E-state index in [9.17, 15) is 9.59 Å². The largest absolute Gasteiger partial charge is 0.493 e. The normalized spacial score (nSPS) is 13.8. The van der Waals surface area contributed by atoms with Gasteiger partial charge in [0.25, 0.3) is 11.8 Å². The smallest absolute Gasteiger partial charge is 0.259 e. The Hall–Kier alpha value is -3.74. The van der Waals surface area contributed by atoms with E-state index in [4.69, 9.17) is 14.2 Å². The molecule has 1 N–H and O–H groups in total. The van der Waals surface area contributed by atoms with Crippen LogP contribution < -0.4 is 19.5 Å². The average molecular weight is 392 g/mol. The number of carbonyl (C=O) groups excluding carboxylic acids is 2.